The minimum Gasteiger partial charge on any atom is -0.326 e. The molecule has 0 atom stereocenters. The zero-order valence-corrected chi connectivity index (χ0v) is 10.3. The molecule has 0 aromatic heterocycles. The molecule has 0 unspecified atom stereocenters. The lowest BCUT2D eigenvalue weighted by Gasteiger charge is -2.26. The second-order valence-electron chi connectivity index (χ2n) is 4.78. The Morgan fingerprint density at radius 3 is 2.59 bits per heavy atom. The van der Waals surface area contributed by atoms with Crippen molar-refractivity contribution in [2.24, 2.45) is 5.73 Å². The van der Waals surface area contributed by atoms with Gasteiger partial charge in [-0.2, -0.15) is 0 Å². The van der Waals surface area contributed by atoms with Gasteiger partial charge in [0, 0.05) is 13.1 Å². The highest BCUT2D eigenvalue weighted by atomic mass is 19.1. The van der Waals surface area contributed by atoms with Gasteiger partial charge in [-0.1, -0.05) is 18.6 Å². The largest absolute Gasteiger partial charge is 0.326 e. The first-order valence-corrected chi connectivity index (χ1v) is 6.49. The van der Waals surface area contributed by atoms with Crippen LogP contribution in [-0.2, 0) is 13.0 Å². The smallest absolute Gasteiger partial charge is 0.126 e. The lowest BCUT2D eigenvalue weighted by Crippen LogP contribution is -2.31. The van der Waals surface area contributed by atoms with Crippen molar-refractivity contribution in [3.05, 3.63) is 35.1 Å². The molecule has 1 saturated heterocycles. The van der Waals surface area contributed by atoms with Crippen LogP contribution in [0.1, 0.15) is 30.4 Å². The topological polar surface area (TPSA) is 29.3 Å². The normalized spacial score (nSPS) is 17.3. The molecule has 0 radical (unpaired) electrons. The molecule has 0 amide bonds. The number of nitrogens with two attached hydrogens (primary N) is 1. The van der Waals surface area contributed by atoms with Crippen molar-refractivity contribution in [3.63, 3.8) is 0 Å². The van der Waals surface area contributed by atoms with Crippen LogP contribution in [0.3, 0.4) is 0 Å². The van der Waals surface area contributed by atoms with Gasteiger partial charge in [-0.25, -0.2) is 4.39 Å². The second-order valence-corrected chi connectivity index (χ2v) is 4.78. The lowest BCUT2D eigenvalue weighted by atomic mass is 10.1. The molecule has 0 saturated carbocycles. The Hall–Kier alpha value is -0.930. The summed E-state index contributed by atoms with van der Waals surface area (Å²) in [6.45, 7) is 3.72. The van der Waals surface area contributed by atoms with Crippen LogP contribution in [0, 0.1) is 5.82 Å². The SMILES string of the molecule is NCc1ccc(CCN2CCCCC2)c(F)c1. The maximum Gasteiger partial charge on any atom is 0.126 e. The van der Waals surface area contributed by atoms with Gasteiger partial charge in [-0.15, -0.1) is 0 Å². The Kier molecular flexibility index (Phi) is 4.51. The van der Waals surface area contributed by atoms with Crippen molar-refractivity contribution < 1.29 is 4.39 Å². The van der Waals surface area contributed by atoms with Crippen LogP contribution in [0.2, 0.25) is 0 Å². The van der Waals surface area contributed by atoms with Gasteiger partial charge in [0.15, 0.2) is 0 Å². The van der Waals surface area contributed by atoms with E-state index in [1.54, 1.807) is 6.07 Å². The lowest BCUT2D eigenvalue weighted by molar-refractivity contribution is 0.231. The van der Waals surface area contributed by atoms with Gasteiger partial charge in [0.25, 0.3) is 0 Å². The average Bonchev–Trinajstić information content (AvgIpc) is 2.38. The van der Waals surface area contributed by atoms with Gasteiger partial charge >= 0.3 is 0 Å². The van der Waals surface area contributed by atoms with E-state index in [0.29, 0.717) is 6.54 Å². The van der Waals surface area contributed by atoms with Crippen molar-refractivity contribution >= 4 is 0 Å². The van der Waals surface area contributed by atoms with Crippen molar-refractivity contribution in [2.75, 3.05) is 19.6 Å². The molecule has 1 fully saturated rings. The summed E-state index contributed by atoms with van der Waals surface area (Å²) in [4.78, 5) is 2.43. The van der Waals surface area contributed by atoms with Crippen LogP contribution in [0.5, 0.6) is 0 Å². The van der Waals surface area contributed by atoms with E-state index >= 15 is 0 Å². The third kappa shape index (κ3) is 3.51. The van der Waals surface area contributed by atoms with Crippen LogP contribution >= 0.6 is 0 Å². The fourth-order valence-corrected chi connectivity index (χ4v) is 2.38. The zero-order chi connectivity index (χ0) is 12.1. The fourth-order valence-electron chi connectivity index (χ4n) is 2.38. The van der Waals surface area contributed by atoms with E-state index in [1.807, 2.05) is 12.1 Å². The quantitative estimate of drug-likeness (QED) is 0.869. The highest BCUT2D eigenvalue weighted by Crippen LogP contribution is 2.13. The maximum absolute atomic E-state index is 13.7. The summed E-state index contributed by atoms with van der Waals surface area (Å²) >= 11 is 0. The summed E-state index contributed by atoms with van der Waals surface area (Å²) in [7, 11) is 0. The number of hydrogen-bond acceptors (Lipinski definition) is 2. The summed E-state index contributed by atoms with van der Waals surface area (Å²) in [5.41, 5.74) is 7.16. The number of hydrogen-bond donors (Lipinski definition) is 1. The summed E-state index contributed by atoms with van der Waals surface area (Å²) < 4.78 is 13.7. The Labute approximate surface area is 103 Å². The van der Waals surface area contributed by atoms with Gasteiger partial charge in [0.2, 0.25) is 0 Å². The zero-order valence-electron chi connectivity index (χ0n) is 10.3. The number of likely N-dealkylation sites (tertiary alicyclic amines) is 1. The van der Waals surface area contributed by atoms with E-state index in [4.69, 9.17) is 5.73 Å². The van der Waals surface area contributed by atoms with E-state index in [1.165, 1.54) is 32.4 Å². The van der Waals surface area contributed by atoms with Gasteiger partial charge < -0.3 is 10.6 Å². The molecule has 3 heteroatoms. The van der Waals surface area contributed by atoms with Crippen LogP contribution < -0.4 is 5.73 Å². The molecule has 0 spiro atoms. The molecule has 0 aliphatic carbocycles. The van der Waals surface area contributed by atoms with Crippen LogP contribution in [0.25, 0.3) is 0 Å². The standard InChI is InChI=1S/C14H21FN2/c15-14-10-12(11-16)4-5-13(14)6-9-17-7-2-1-3-8-17/h4-5,10H,1-3,6-9,11,16H2. The molecule has 2 nitrogen and oxygen atoms in total. The van der Waals surface area contributed by atoms with Crippen molar-refractivity contribution in [1.29, 1.82) is 0 Å². The number of halogens is 1. The summed E-state index contributed by atoms with van der Waals surface area (Å²) in [5.74, 6) is -0.107. The van der Waals surface area contributed by atoms with E-state index in [-0.39, 0.29) is 5.82 Å². The number of piperidine rings is 1. The van der Waals surface area contributed by atoms with Crippen molar-refractivity contribution in [3.8, 4) is 0 Å². The Balaban J connectivity index is 1.89. The minimum absolute atomic E-state index is 0.107. The maximum atomic E-state index is 13.7. The molecular formula is C14H21FN2. The molecule has 1 aromatic carbocycles. The molecule has 1 aliphatic rings. The van der Waals surface area contributed by atoms with E-state index in [0.717, 1.165) is 24.1 Å². The molecule has 17 heavy (non-hydrogen) atoms. The number of nitrogens with zero attached hydrogens (tertiary/aromatic N) is 1. The summed E-state index contributed by atoms with van der Waals surface area (Å²) in [5, 5.41) is 0. The van der Waals surface area contributed by atoms with E-state index in [2.05, 4.69) is 4.90 Å². The first-order valence-electron chi connectivity index (χ1n) is 6.49. The van der Waals surface area contributed by atoms with Crippen LogP contribution in [0.15, 0.2) is 18.2 Å². The van der Waals surface area contributed by atoms with Crippen molar-refractivity contribution in [2.45, 2.75) is 32.2 Å². The number of rotatable bonds is 4. The van der Waals surface area contributed by atoms with Gasteiger partial charge in [-0.3, -0.25) is 0 Å². The summed E-state index contributed by atoms with van der Waals surface area (Å²) in [6.07, 6.45) is 4.72. The molecule has 1 aliphatic heterocycles. The second kappa shape index (κ2) is 6.12. The predicted octanol–water partition coefficient (Wildman–Crippen LogP) is 2.31. The molecular weight excluding hydrogens is 215 g/mol. The highest BCUT2D eigenvalue weighted by Gasteiger charge is 2.11. The summed E-state index contributed by atoms with van der Waals surface area (Å²) in [6, 6.07) is 5.36. The van der Waals surface area contributed by atoms with E-state index < -0.39 is 0 Å². The van der Waals surface area contributed by atoms with Crippen molar-refractivity contribution in [1.82, 2.24) is 4.90 Å². The first-order chi connectivity index (χ1) is 8.29. The minimum atomic E-state index is -0.107. The molecule has 94 valence electrons. The molecule has 2 rings (SSSR count). The molecule has 2 N–H and O–H groups in total. The predicted molar refractivity (Wildman–Crippen MR) is 68.3 cm³/mol. The van der Waals surface area contributed by atoms with Crippen LogP contribution in [0.4, 0.5) is 4.39 Å². The number of benzene rings is 1. The monoisotopic (exact) mass is 236 g/mol. The average molecular weight is 236 g/mol. The molecule has 1 aromatic rings. The third-order valence-corrected chi connectivity index (χ3v) is 3.50. The fraction of sp³-hybridized carbons (Fsp3) is 0.571. The Bertz CT molecular complexity index is 359. The van der Waals surface area contributed by atoms with E-state index in [9.17, 15) is 4.39 Å². The molecule has 0 bridgehead atoms. The third-order valence-electron chi connectivity index (χ3n) is 3.50. The van der Waals surface area contributed by atoms with Gasteiger partial charge in [0.05, 0.1) is 0 Å². The Morgan fingerprint density at radius 2 is 1.94 bits per heavy atom. The highest BCUT2D eigenvalue weighted by molar-refractivity contribution is 5.24. The Morgan fingerprint density at radius 1 is 1.18 bits per heavy atom. The van der Waals surface area contributed by atoms with Gasteiger partial charge in [0.1, 0.15) is 5.82 Å². The first kappa shape index (κ1) is 12.5. The van der Waals surface area contributed by atoms with Crippen LogP contribution in [-0.4, -0.2) is 24.5 Å². The molecule has 1 heterocycles. The van der Waals surface area contributed by atoms with Gasteiger partial charge in [-0.05, 0) is 49.5 Å².